The molecule has 0 spiro atoms. The van der Waals surface area contributed by atoms with Crippen LogP contribution >= 0.6 is 0 Å². The van der Waals surface area contributed by atoms with Crippen molar-refractivity contribution in [3.05, 3.63) is 34.8 Å². The summed E-state index contributed by atoms with van der Waals surface area (Å²) in [6.45, 7) is 11.5. The molecule has 1 aliphatic carbocycles. The monoisotopic (exact) mass is 270 g/mol. The molecule has 0 saturated heterocycles. The summed E-state index contributed by atoms with van der Waals surface area (Å²) in [5.41, 5.74) is 7.00. The van der Waals surface area contributed by atoms with Crippen LogP contribution in [0.15, 0.2) is 12.1 Å². The summed E-state index contributed by atoms with van der Waals surface area (Å²) >= 11 is 0. The van der Waals surface area contributed by atoms with Gasteiger partial charge in [-0.2, -0.15) is 0 Å². The van der Waals surface area contributed by atoms with Crippen molar-refractivity contribution < 1.29 is 0 Å². The minimum atomic E-state index is 0.429. The molecule has 1 aliphatic rings. The predicted molar refractivity (Wildman–Crippen MR) is 84.3 cm³/mol. The van der Waals surface area contributed by atoms with E-state index in [1.54, 1.807) is 0 Å². The molecule has 0 aromatic carbocycles. The highest BCUT2D eigenvalue weighted by Crippen LogP contribution is 2.39. The largest absolute Gasteiger partial charge is 0.301 e. The summed E-state index contributed by atoms with van der Waals surface area (Å²) in [5, 5.41) is 0. The first-order valence-corrected chi connectivity index (χ1v) is 7.90. The van der Waals surface area contributed by atoms with Crippen molar-refractivity contribution >= 4 is 5.65 Å². The van der Waals surface area contributed by atoms with Gasteiger partial charge in [0.25, 0.3) is 0 Å². The number of pyridine rings is 1. The van der Waals surface area contributed by atoms with Crippen molar-refractivity contribution in [1.82, 2.24) is 9.38 Å². The van der Waals surface area contributed by atoms with Crippen molar-refractivity contribution in [1.29, 1.82) is 0 Å². The van der Waals surface area contributed by atoms with E-state index < -0.39 is 0 Å². The maximum atomic E-state index is 4.94. The molecule has 0 bridgehead atoms. The average molecular weight is 270 g/mol. The first-order valence-electron chi connectivity index (χ1n) is 7.90. The van der Waals surface area contributed by atoms with E-state index in [0.29, 0.717) is 5.41 Å². The second-order valence-electron chi connectivity index (χ2n) is 7.15. The normalized spacial score (nSPS) is 19.4. The fourth-order valence-corrected chi connectivity index (χ4v) is 3.67. The molecule has 20 heavy (non-hydrogen) atoms. The molecule has 2 aromatic heterocycles. The summed E-state index contributed by atoms with van der Waals surface area (Å²) in [7, 11) is 0. The standard InChI is InChI=1S/C18H26N2/c1-6-18(4,5)14-7-8-16-15(11-14)19-17-10-12(2)9-13(3)20(16)17/h9-10,14H,6-8,11H2,1-5H3. The third kappa shape index (κ3) is 2.06. The minimum absolute atomic E-state index is 0.429. The topological polar surface area (TPSA) is 17.3 Å². The van der Waals surface area contributed by atoms with Gasteiger partial charge >= 0.3 is 0 Å². The first kappa shape index (κ1) is 13.7. The molecule has 2 nitrogen and oxygen atoms in total. The van der Waals surface area contributed by atoms with Crippen LogP contribution in [0.1, 0.15) is 56.3 Å². The van der Waals surface area contributed by atoms with Gasteiger partial charge in [0.2, 0.25) is 0 Å². The summed E-state index contributed by atoms with van der Waals surface area (Å²) < 4.78 is 2.37. The van der Waals surface area contributed by atoms with Crippen LogP contribution in [0.4, 0.5) is 0 Å². The molecule has 1 atom stereocenters. The average Bonchev–Trinajstić information content (AvgIpc) is 2.75. The first-order chi connectivity index (χ1) is 9.42. The molecule has 0 saturated carbocycles. The van der Waals surface area contributed by atoms with Crippen LogP contribution in [-0.4, -0.2) is 9.38 Å². The van der Waals surface area contributed by atoms with Gasteiger partial charge in [-0.15, -0.1) is 0 Å². The Bertz CT molecular complexity index is 649. The Morgan fingerprint density at radius 3 is 2.75 bits per heavy atom. The number of rotatable bonds is 2. The van der Waals surface area contributed by atoms with Gasteiger partial charge in [-0.3, -0.25) is 0 Å². The van der Waals surface area contributed by atoms with Crippen molar-refractivity contribution in [2.45, 2.75) is 60.3 Å². The van der Waals surface area contributed by atoms with E-state index in [-0.39, 0.29) is 0 Å². The zero-order valence-electron chi connectivity index (χ0n) is 13.5. The second-order valence-corrected chi connectivity index (χ2v) is 7.15. The minimum Gasteiger partial charge on any atom is -0.301 e. The number of nitrogens with zero attached hydrogens (tertiary/aromatic N) is 2. The van der Waals surface area contributed by atoms with Crippen LogP contribution < -0.4 is 0 Å². The summed E-state index contributed by atoms with van der Waals surface area (Å²) in [5.74, 6) is 0.770. The maximum Gasteiger partial charge on any atom is 0.137 e. The van der Waals surface area contributed by atoms with Crippen LogP contribution in [0.5, 0.6) is 0 Å². The highest BCUT2D eigenvalue weighted by Gasteiger charge is 2.33. The van der Waals surface area contributed by atoms with E-state index in [9.17, 15) is 0 Å². The van der Waals surface area contributed by atoms with Gasteiger partial charge in [0, 0.05) is 11.4 Å². The lowest BCUT2D eigenvalue weighted by molar-refractivity contribution is 0.181. The molecular weight excluding hydrogens is 244 g/mol. The van der Waals surface area contributed by atoms with E-state index >= 15 is 0 Å². The zero-order valence-corrected chi connectivity index (χ0v) is 13.5. The van der Waals surface area contributed by atoms with E-state index in [4.69, 9.17) is 4.98 Å². The third-order valence-corrected chi connectivity index (χ3v) is 5.41. The molecule has 0 radical (unpaired) electrons. The van der Waals surface area contributed by atoms with Gasteiger partial charge in [-0.1, -0.05) is 27.2 Å². The maximum absolute atomic E-state index is 4.94. The van der Waals surface area contributed by atoms with Crippen molar-refractivity contribution in [3.63, 3.8) is 0 Å². The Hall–Kier alpha value is -1.31. The fourth-order valence-electron chi connectivity index (χ4n) is 3.67. The van der Waals surface area contributed by atoms with Gasteiger partial charge < -0.3 is 4.40 Å². The van der Waals surface area contributed by atoms with E-state index in [0.717, 1.165) is 18.0 Å². The number of imidazole rings is 1. The molecule has 0 N–H and O–H groups in total. The zero-order chi connectivity index (χ0) is 14.5. The SMILES string of the molecule is CCC(C)(C)C1CCc2c(nc3cc(C)cc(C)n23)C1. The Balaban J connectivity index is 2.05. The van der Waals surface area contributed by atoms with E-state index in [2.05, 4.69) is 51.2 Å². The Morgan fingerprint density at radius 1 is 1.30 bits per heavy atom. The van der Waals surface area contributed by atoms with Gasteiger partial charge in [0.15, 0.2) is 0 Å². The second kappa shape index (κ2) is 4.61. The number of aromatic nitrogens is 2. The van der Waals surface area contributed by atoms with Crippen LogP contribution in [0.25, 0.3) is 5.65 Å². The lowest BCUT2D eigenvalue weighted by atomic mass is 9.70. The molecule has 1 unspecified atom stereocenters. The molecule has 0 amide bonds. The molecule has 0 fully saturated rings. The number of aryl methyl sites for hydroxylation is 3. The summed E-state index contributed by atoms with van der Waals surface area (Å²) in [6, 6.07) is 4.47. The fraction of sp³-hybridized carbons (Fsp3) is 0.611. The van der Waals surface area contributed by atoms with Crippen molar-refractivity contribution in [2.75, 3.05) is 0 Å². The molecule has 2 heteroatoms. The van der Waals surface area contributed by atoms with Gasteiger partial charge in [0.1, 0.15) is 5.65 Å². The van der Waals surface area contributed by atoms with Crippen LogP contribution in [0, 0.1) is 25.2 Å². The number of fused-ring (bicyclic) bond motifs is 3. The lowest BCUT2D eigenvalue weighted by Crippen LogP contribution is -2.29. The van der Waals surface area contributed by atoms with Crippen LogP contribution in [0.2, 0.25) is 0 Å². The van der Waals surface area contributed by atoms with Gasteiger partial charge in [-0.25, -0.2) is 4.98 Å². The Morgan fingerprint density at radius 2 is 2.05 bits per heavy atom. The lowest BCUT2D eigenvalue weighted by Gasteiger charge is -2.36. The molecule has 0 aliphatic heterocycles. The third-order valence-electron chi connectivity index (χ3n) is 5.41. The van der Waals surface area contributed by atoms with E-state index in [1.165, 1.54) is 41.9 Å². The molecule has 2 heterocycles. The van der Waals surface area contributed by atoms with Crippen molar-refractivity contribution in [3.8, 4) is 0 Å². The highest BCUT2D eigenvalue weighted by molar-refractivity contribution is 5.48. The smallest absolute Gasteiger partial charge is 0.137 e. The van der Waals surface area contributed by atoms with Crippen molar-refractivity contribution in [2.24, 2.45) is 11.3 Å². The summed E-state index contributed by atoms with van der Waals surface area (Å²) in [4.78, 5) is 4.94. The highest BCUT2D eigenvalue weighted by atomic mass is 15.0. The summed E-state index contributed by atoms with van der Waals surface area (Å²) in [6.07, 6.45) is 4.87. The number of hydrogen-bond donors (Lipinski definition) is 0. The quantitative estimate of drug-likeness (QED) is 0.785. The van der Waals surface area contributed by atoms with E-state index in [1.807, 2.05) is 0 Å². The number of hydrogen-bond acceptors (Lipinski definition) is 1. The molecule has 108 valence electrons. The predicted octanol–water partition coefficient (Wildman–Crippen LogP) is 4.49. The Labute approximate surface area is 122 Å². The molecule has 3 rings (SSSR count). The molecular formula is C18H26N2. The Kier molecular flexibility index (Phi) is 3.15. The van der Waals surface area contributed by atoms with Gasteiger partial charge in [0.05, 0.1) is 5.69 Å². The van der Waals surface area contributed by atoms with Gasteiger partial charge in [-0.05, 0) is 62.1 Å². The molecule has 2 aromatic rings. The van der Waals surface area contributed by atoms with Crippen LogP contribution in [0.3, 0.4) is 0 Å². The van der Waals surface area contributed by atoms with Crippen LogP contribution in [-0.2, 0) is 12.8 Å².